The Morgan fingerprint density at radius 2 is 2.11 bits per heavy atom. The zero-order valence-corrected chi connectivity index (χ0v) is 12.5. The molecule has 2 atom stereocenters. The Morgan fingerprint density at radius 1 is 1.42 bits per heavy atom. The monoisotopic (exact) mass is 264 g/mol. The van der Waals surface area contributed by atoms with Crippen LogP contribution in [0.1, 0.15) is 51.1 Å². The quantitative estimate of drug-likeness (QED) is 0.888. The van der Waals surface area contributed by atoms with Crippen molar-refractivity contribution in [1.82, 2.24) is 14.7 Å². The number of aryl methyl sites for hydroxylation is 1. The molecule has 19 heavy (non-hydrogen) atoms. The molecule has 0 amide bonds. The minimum atomic E-state index is 0.145. The lowest BCUT2D eigenvalue weighted by atomic mass is 9.90. The van der Waals surface area contributed by atoms with Crippen molar-refractivity contribution in [2.24, 2.45) is 18.7 Å². The van der Waals surface area contributed by atoms with Gasteiger partial charge in [0.15, 0.2) is 0 Å². The summed E-state index contributed by atoms with van der Waals surface area (Å²) in [5.74, 6) is 0.920. The fourth-order valence-corrected chi connectivity index (χ4v) is 3.37. The summed E-state index contributed by atoms with van der Waals surface area (Å²) in [6, 6.07) is 0.461. The van der Waals surface area contributed by atoms with Crippen molar-refractivity contribution >= 4 is 0 Å². The Balaban J connectivity index is 2.01. The normalized spacial score (nSPS) is 21.5. The van der Waals surface area contributed by atoms with E-state index < -0.39 is 0 Å². The molecule has 1 saturated heterocycles. The second kappa shape index (κ2) is 6.53. The van der Waals surface area contributed by atoms with E-state index in [2.05, 4.69) is 30.0 Å². The molecular formula is C15H28N4. The second-order valence-corrected chi connectivity index (χ2v) is 6.02. The van der Waals surface area contributed by atoms with Crippen LogP contribution in [0.15, 0.2) is 12.4 Å². The van der Waals surface area contributed by atoms with Gasteiger partial charge in [-0.25, -0.2) is 0 Å². The molecule has 4 heteroatoms. The lowest BCUT2D eigenvalue weighted by Gasteiger charge is -2.39. The molecule has 0 radical (unpaired) electrons. The molecule has 1 aromatic rings. The highest BCUT2D eigenvalue weighted by atomic mass is 15.3. The average molecular weight is 264 g/mol. The highest BCUT2D eigenvalue weighted by Crippen LogP contribution is 2.30. The second-order valence-electron chi connectivity index (χ2n) is 6.02. The van der Waals surface area contributed by atoms with Crippen LogP contribution in [0, 0.1) is 5.92 Å². The molecular weight excluding hydrogens is 236 g/mol. The summed E-state index contributed by atoms with van der Waals surface area (Å²) in [6.07, 6.45) is 9.39. The molecule has 0 bridgehead atoms. The molecule has 0 aromatic carbocycles. The molecule has 0 spiro atoms. The third kappa shape index (κ3) is 3.57. The summed E-state index contributed by atoms with van der Waals surface area (Å²) in [6.45, 7) is 6.74. The van der Waals surface area contributed by atoms with Crippen molar-refractivity contribution in [1.29, 1.82) is 0 Å². The highest BCUT2D eigenvalue weighted by Gasteiger charge is 2.28. The van der Waals surface area contributed by atoms with Gasteiger partial charge in [0.05, 0.1) is 12.2 Å². The fraction of sp³-hybridized carbons (Fsp3) is 0.800. The molecule has 2 rings (SSSR count). The fourth-order valence-electron chi connectivity index (χ4n) is 3.37. The molecule has 4 nitrogen and oxygen atoms in total. The van der Waals surface area contributed by atoms with Crippen LogP contribution in [-0.2, 0) is 7.05 Å². The van der Waals surface area contributed by atoms with Crippen molar-refractivity contribution in [3.8, 4) is 0 Å². The predicted octanol–water partition coefficient (Wildman–Crippen LogP) is 2.32. The number of rotatable bonds is 5. The van der Waals surface area contributed by atoms with Crippen LogP contribution < -0.4 is 5.73 Å². The number of hydrogen-bond donors (Lipinski definition) is 1. The van der Waals surface area contributed by atoms with E-state index in [9.17, 15) is 0 Å². The zero-order valence-electron chi connectivity index (χ0n) is 12.5. The topological polar surface area (TPSA) is 47.1 Å². The Kier molecular flexibility index (Phi) is 4.99. The minimum Gasteiger partial charge on any atom is -0.326 e. The number of nitrogens with zero attached hydrogens (tertiary/aromatic N) is 3. The largest absolute Gasteiger partial charge is 0.326 e. The van der Waals surface area contributed by atoms with Gasteiger partial charge in [0, 0.05) is 24.8 Å². The lowest BCUT2D eigenvalue weighted by Crippen LogP contribution is -2.43. The number of piperidine rings is 1. The van der Waals surface area contributed by atoms with E-state index in [1.54, 1.807) is 0 Å². The first-order valence-corrected chi connectivity index (χ1v) is 7.60. The van der Waals surface area contributed by atoms with E-state index in [0.29, 0.717) is 6.04 Å². The molecule has 1 aromatic heterocycles. The van der Waals surface area contributed by atoms with E-state index in [4.69, 9.17) is 5.73 Å². The average Bonchev–Trinajstić information content (AvgIpc) is 2.78. The van der Waals surface area contributed by atoms with Gasteiger partial charge in [-0.05, 0) is 38.8 Å². The van der Waals surface area contributed by atoms with Gasteiger partial charge in [-0.15, -0.1) is 0 Å². The number of aromatic nitrogens is 2. The van der Waals surface area contributed by atoms with Gasteiger partial charge >= 0.3 is 0 Å². The van der Waals surface area contributed by atoms with Gasteiger partial charge in [-0.3, -0.25) is 9.58 Å². The van der Waals surface area contributed by atoms with E-state index >= 15 is 0 Å². The maximum absolute atomic E-state index is 6.22. The lowest BCUT2D eigenvalue weighted by molar-refractivity contribution is 0.115. The number of hydrogen-bond acceptors (Lipinski definition) is 3. The van der Waals surface area contributed by atoms with Crippen LogP contribution in [0.2, 0.25) is 0 Å². The highest BCUT2D eigenvalue weighted by molar-refractivity contribution is 5.13. The van der Waals surface area contributed by atoms with Crippen molar-refractivity contribution in [3.05, 3.63) is 18.0 Å². The maximum atomic E-state index is 6.22. The SMILES string of the molecule is CCCC1CCN(C(c2cnn(C)c2)C(C)N)CC1. The van der Waals surface area contributed by atoms with Crippen LogP contribution in [-0.4, -0.2) is 33.8 Å². The van der Waals surface area contributed by atoms with E-state index in [0.717, 1.165) is 5.92 Å². The van der Waals surface area contributed by atoms with Gasteiger partial charge in [0.25, 0.3) is 0 Å². The summed E-state index contributed by atoms with van der Waals surface area (Å²) < 4.78 is 1.87. The smallest absolute Gasteiger partial charge is 0.0538 e. The number of nitrogens with two attached hydrogens (primary N) is 1. The van der Waals surface area contributed by atoms with Crippen LogP contribution in [0.4, 0.5) is 0 Å². The van der Waals surface area contributed by atoms with Gasteiger partial charge in [-0.2, -0.15) is 5.10 Å². The first-order valence-electron chi connectivity index (χ1n) is 7.60. The predicted molar refractivity (Wildman–Crippen MR) is 78.8 cm³/mol. The summed E-state index contributed by atoms with van der Waals surface area (Å²) >= 11 is 0. The number of likely N-dealkylation sites (tertiary alicyclic amines) is 1. The molecule has 0 aliphatic carbocycles. The van der Waals surface area contributed by atoms with Crippen molar-refractivity contribution in [2.45, 2.75) is 51.6 Å². The van der Waals surface area contributed by atoms with Gasteiger partial charge in [0.2, 0.25) is 0 Å². The molecule has 108 valence electrons. The third-order valence-corrected chi connectivity index (χ3v) is 4.30. The summed E-state index contributed by atoms with van der Waals surface area (Å²) in [5, 5.41) is 4.29. The molecule has 2 N–H and O–H groups in total. The van der Waals surface area contributed by atoms with Crippen molar-refractivity contribution < 1.29 is 0 Å². The summed E-state index contributed by atoms with van der Waals surface area (Å²) in [7, 11) is 1.97. The minimum absolute atomic E-state index is 0.145. The van der Waals surface area contributed by atoms with Gasteiger partial charge < -0.3 is 5.73 Å². The standard InChI is InChI=1S/C15H28N4/c1-4-5-13-6-8-19(9-7-13)15(12(2)16)14-10-17-18(3)11-14/h10-13,15H,4-9,16H2,1-3H3. The maximum Gasteiger partial charge on any atom is 0.0538 e. The van der Waals surface area contributed by atoms with Crippen LogP contribution >= 0.6 is 0 Å². The van der Waals surface area contributed by atoms with Crippen molar-refractivity contribution in [3.63, 3.8) is 0 Å². The molecule has 2 unspecified atom stereocenters. The molecule has 1 aliphatic heterocycles. The summed E-state index contributed by atoms with van der Waals surface area (Å²) in [4.78, 5) is 2.55. The third-order valence-electron chi connectivity index (χ3n) is 4.30. The Hall–Kier alpha value is -0.870. The van der Waals surface area contributed by atoms with E-state index in [1.807, 2.05) is 17.9 Å². The summed E-state index contributed by atoms with van der Waals surface area (Å²) in [5.41, 5.74) is 7.48. The Labute approximate surface area is 117 Å². The van der Waals surface area contributed by atoms with Crippen LogP contribution in [0.5, 0.6) is 0 Å². The van der Waals surface area contributed by atoms with Gasteiger partial charge in [-0.1, -0.05) is 19.8 Å². The molecule has 1 aliphatic rings. The zero-order chi connectivity index (χ0) is 13.8. The molecule has 2 heterocycles. The Morgan fingerprint density at radius 3 is 2.58 bits per heavy atom. The van der Waals surface area contributed by atoms with Crippen LogP contribution in [0.25, 0.3) is 0 Å². The van der Waals surface area contributed by atoms with Crippen LogP contribution in [0.3, 0.4) is 0 Å². The first-order chi connectivity index (χ1) is 9.11. The molecule has 0 saturated carbocycles. The molecule has 1 fully saturated rings. The Bertz CT molecular complexity index is 377. The van der Waals surface area contributed by atoms with E-state index in [1.165, 1.54) is 44.3 Å². The first kappa shape index (κ1) is 14.5. The van der Waals surface area contributed by atoms with E-state index in [-0.39, 0.29) is 6.04 Å². The van der Waals surface area contributed by atoms with Crippen molar-refractivity contribution in [2.75, 3.05) is 13.1 Å². The van der Waals surface area contributed by atoms with Gasteiger partial charge in [0.1, 0.15) is 0 Å².